The molecule has 0 amide bonds. The van der Waals surface area contributed by atoms with Crippen LogP contribution in [0.4, 0.5) is 5.69 Å². The van der Waals surface area contributed by atoms with Gasteiger partial charge in [0.1, 0.15) is 5.75 Å². The minimum Gasteiger partial charge on any atom is -0.495 e. The summed E-state index contributed by atoms with van der Waals surface area (Å²) in [6, 6.07) is 4.42. The SMILES string of the molecule is COc1cc(Cl)c(C)cc1NC1CCN(C)C1. The van der Waals surface area contributed by atoms with E-state index in [1.54, 1.807) is 7.11 Å². The molecule has 94 valence electrons. The van der Waals surface area contributed by atoms with Crippen molar-refractivity contribution in [2.45, 2.75) is 19.4 Å². The van der Waals surface area contributed by atoms with E-state index < -0.39 is 0 Å². The van der Waals surface area contributed by atoms with Crippen LogP contribution in [-0.2, 0) is 0 Å². The average molecular weight is 255 g/mol. The number of likely N-dealkylation sites (tertiary alicyclic amines) is 1. The highest BCUT2D eigenvalue weighted by molar-refractivity contribution is 6.31. The molecular formula is C13H19ClN2O. The highest BCUT2D eigenvalue weighted by atomic mass is 35.5. The average Bonchev–Trinajstić information content (AvgIpc) is 2.69. The molecule has 1 unspecified atom stereocenters. The zero-order valence-electron chi connectivity index (χ0n) is 10.6. The fraction of sp³-hybridized carbons (Fsp3) is 0.538. The predicted molar refractivity (Wildman–Crippen MR) is 72.3 cm³/mol. The van der Waals surface area contributed by atoms with Crippen LogP contribution in [0.15, 0.2) is 12.1 Å². The molecule has 0 aromatic heterocycles. The molecule has 17 heavy (non-hydrogen) atoms. The van der Waals surface area contributed by atoms with Gasteiger partial charge in [0.05, 0.1) is 12.8 Å². The third-order valence-corrected chi connectivity index (χ3v) is 3.64. The number of hydrogen-bond donors (Lipinski definition) is 1. The van der Waals surface area contributed by atoms with Crippen LogP contribution in [0.1, 0.15) is 12.0 Å². The molecule has 0 bridgehead atoms. The Balaban J connectivity index is 2.17. The van der Waals surface area contributed by atoms with Gasteiger partial charge in [0.15, 0.2) is 0 Å². The minimum atomic E-state index is 0.495. The van der Waals surface area contributed by atoms with Crippen LogP contribution in [0.5, 0.6) is 5.75 Å². The molecule has 0 radical (unpaired) electrons. The third-order valence-electron chi connectivity index (χ3n) is 3.23. The Morgan fingerprint density at radius 1 is 1.47 bits per heavy atom. The zero-order chi connectivity index (χ0) is 12.4. The lowest BCUT2D eigenvalue weighted by Gasteiger charge is -2.18. The van der Waals surface area contributed by atoms with Gasteiger partial charge in [-0.2, -0.15) is 0 Å². The molecule has 1 aromatic rings. The standard InChI is InChI=1S/C13H19ClN2O/c1-9-6-12(13(17-3)7-11(9)14)15-10-4-5-16(2)8-10/h6-7,10,15H,4-5,8H2,1-3H3. The molecule has 0 aliphatic carbocycles. The van der Waals surface area contributed by atoms with E-state index in [9.17, 15) is 0 Å². The Hall–Kier alpha value is -0.930. The summed E-state index contributed by atoms with van der Waals surface area (Å²) in [6.45, 7) is 4.23. The summed E-state index contributed by atoms with van der Waals surface area (Å²) in [5.41, 5.74) is 2.11. The molecule has 1 heterocycles. The molecular weight excluding hydrogens is 236 g/mol. The van der Waals surface area contributed by atoms with Gasteiger partial charge in [-0.05, 0) is 38.6 Å². The van der Waals surface area contributed by atoms with E-state index in [1.165, 1.54) is 6.42 Å². The van der Waals surface area contributed by atoms with Crippen LogP contribution in [-0.4, -0.2) is 38.2 Å². The lowest BCUT2D eigenvalue weighted by molar-refractivity contribution is 0.410. The Morgan fingerprint density at radius 3 is 2.82 bits per heavy atom. The van der Waals surface area contributed by atoms with Gasteiger partial charge in [0.25, 0.3) is 0 Å². The van der Waals surface area contributed by atoms with Crippen LogP contribution in [0.2, 0.25) is 5.02 Å². The second-order valence-electron chi connectivity index (χ2n) is 4.69. The van der Waals surface area contributed by atoms with Crippen molar-refractivity contribution in [1.29, 1.82) is 0 Å². The number of anilines is 1. The van der Waals surface area contributed by atoms with Crippen molar-refractivity contribution in [3.63, 3.8) is 0 Å². The third kappa shape index (κ3) is 2.85. The van der Waals surface area contributed by atoms with Crippen molar-refractivity contribution in [2.24, 2.45) is 0 Å². The second-order valence-corrected chi connectivity index (χ2v) is 5.10. The van der Waals surface area contributed by atoms with Crippen molar-refractivity contribution in [3.05, 3.63) is 22.7 Å². The molecule has 1 aliphatic heterocycles. The van der Waals surface area contributed by atoms with E-state index in [-0.39, 0.29) is 0 Å². The number of methoxy groups -OCH3 is 1. The maximum Gasteiger partial charge on any atom is 0.143 e. The first-order valence-corrected chi connectivity index (χ1v) is 6.27. The summed E-state index contributed by atoms with van der Waals surface area (Å²) in [4.78, 5) is 2.33. The Labute approximate surface area is 108 Å². The maximum absolute atomic E-state index is 6.09. The molecule has 0 spiro atoms. The van der Waals surface area contributed by atoms with Crippen molar-refractivity contribution in [3.8, 4) is 5.75 Å². The van der Waals surface area contributed by atoms with Crippen LogP contribution in [0.3, 0.4) is 0 Å². The van der Waals surface area contributed by atoms with Gasteiger partial charge in [0, 0.05) is 23.7 Å². The number of halogens is 1. The number of ether oxygens (including phenoxy) is 1. The molecule has 1 saturated heterocycles. The quantitative estimate of drug-likeness (QED) is 0.898. The number of nitrogens with zero attached hydrogens (tertiary/aromatic N) is 1. The number of aryl methyl sites for hydroxylation is 1. The highest BCUT2D eigenvalue weighted by Gasteiger charge is 2.20. The van der Waals surface area contributed by atoms with Gasteiger partial charge < -0.3 is 15.0 Å². The van der Waals surface area contributed by atoms with Crippen molar-refractivity contribution >= 4 is 17.3 Å². The minimum absolute atomic E-state index is 0.495. The van der Waals surface area contributed by atoms with Gasteiger partial charge in [-0.1, -0.05) is 11.6 Å². The number of nitrogens with one attached hydrogen (secondary N) is 1. The predicted octanol–water partition coefficient (Wildman–Crippen LogP) is 2.77. The highest BCUT2D eigenvalue weighted by Crippen LogP contribution is 2.32. The van der Waals surface area contributed by atoms with Crippen LogP contribution >= 0.6 is 11.6 Å². The van der Waals surface area contributed by atoms with Gasteiger partial charge in [-0.3, -0.25) is 0 Å². The summed E-state index contributed by atoms with van der Waals surface area (Å²) in [7, 11) is 3.82. The van der Waals surface area contributed by atoms with E-state index in [0.717, 1.165) is 35.1 Å². The van der Waals surface area contributed by atoms with Gasteiger partial charge in [-0.15, -0.1) is 0 Å². The Bertz CT molecular complexity index is 409. The molecule has 3 nitrogen and oxygen atoms in total. The number of likely N-dealkylation sites (N-methyl/N-ethyl adjacent to an activating group) is 1. The monoisotopic (exact) mass is 254 g/mol. The van der Waals surface area contributed by atoms with E-state index in [0.29, 0.717) is 6.04 Å². The summed E-state index contributed by atoms with van der Waals surface area (Å²) in [5.74, 6) is 0.815. The summed E-state index contributed by atoms with van der Waals surface area (Å²) < 4.78 is 5.36. The zero-order valence-corrected chi connectivity index (χ0v) is 11.3. The molecule has 2 rings (SSSR count). The van der Waals surface area contributed by atoms with Crippen molar-refractivity contribution in [1.82, 2.24) is 4.90 Å². The largest absolute Gasteiger partial charge is 0.495 e. The van der Waals surface area contributed by atoms with Gasteiger partial charge in [-0.25, -0.2) is 0 Å². The van der Waals surface area contributed by atoms with Crippen LogP contribution in [0, 0.1) is 6.92 Å². The van der Waals surface area contributed by atoms with Crippen LogP contribution in [0.25, 0.3) is 0 Å². The summed E-state index contributed by atoms with van der Waals surface area (Å²) in [6.07, 6.45) is 1.17. The first-order chi connectivity index (χ1) is 8.10. The molecule has 4 heteroatoms. The fourth-order valence-electron chi connectivity index (χ4n) is 2.22. The van der Waals surface area contributed by atoms with E-state index in [4.69, 9.17) is 16.3 Å². The molecule has 1 N–H and O–H groups in total. The summed E-state index contributed by atoms with van der Waals surface area (Å²) in [5, 5.41) is 4.28. The number of rotatable bonds is 3. The molecule has 0 saturated carbocycles. The van der Waals surface area contributed by atoms with Crippen molar-refractivity contribution in [2.75, 3.05) is 32.6 Å². The Kier molecular flexibility index (Phi) is 3.79. The number of hydrogen-bond acceptors (Lipinski definition) is 3. The van der Waals surface area contributed by atoms with Gasteiger partial charge >= 0.3 is 0 Å². The normalized spacial score (nSPS) is 20.6. The fourth-order valence-corrected chi connectivity index (χ4v) is 2.37. The van der Waals surface area contributed by atoms with E-state index >= 15 is 0 Å². The first-order valence-electron chi connectivity index (χ1n) is 5.89. The Morgan fingerprint density at radius 2 is 2.24 bits per heavy atom. The molecule has 1 fully saturated rings. The molecule has 1 aliphatic rings. The molecule has 1 atom stereocenters. The lowest BCUT2D eigenvalue weighted by atomic mass is 10.1. The van der Waals surface area contributed by atoms with Gasteiger partial charge in [0.2, 0.25) is 0 Å². The topological polar surface area (TPSA) is 24.5 Å². The lowest BCUT2D eigenvalue weighted by Crippen LogP contribution is -2.23. The van der Waals surface area contributed by atoms with Crippen LogP contribution < -0.4 is 10.1 Å². The maximum atomic E-state index is 6.09. The summed E-state index contributed by atoms with van der Waals surface area (Å²) >= 11 is 6.09. The van der Waals surface area contributed by atoms with E-state index in [1.807, 2.05) is 13.0 Å². The first kappa shape index (κ1) is 12.5. The van der Waals surface area contributed by atoms with Crippen molar-refractivity contribution < 1.29 is 4.74 Å². The smallest absolute Gasteiger partial charge is 0.143 e. The molecule has 1 aromatic carbocycles. The number of benzene rings is 1. The van der Waals surface area contributed by atoms with E-state index in [2.05, 4.69) is 23.3 Å². The second kappa shape index (κ2) is 5.15.